The lowest BCUT2D eigenvalue weighted by atomic mass is 10.1. The quantitative estimate of drug-likeness (QED) is 0.842. The SMILES string of the molecule is Oc1ccc([C@@H](CF)N2CCNCC2)cc1F. The van der Waals surface area contributed by atoms with Gasteiger partial charge in [0.05, 0.1) is 6.04 Å². The maximum atomic E-state index is 13.2. The van der Waals surface area contributed by atoms with Crippen LogP contribution in [-0.4, -0.2) is 42.9 Å². The van der Waals surface area contributed by atoms with Crippen LogP contribution < -0.4 is 5.32 Å². The molecule has 1 aromatic rings. The van der Waals surface area contributed by atoms with Crippen LogP contribution in [0.25, 0.3) is 0 Å². The molecule has 1 aliphatic rings. The third-order valence-corrected chi connectivity index (χ3v) is 3.10. The average molecular weight is 242 g/mol. The number of phenols is 1. The first kappa shape index (κ1) is 12.3. The number of nitrogens with one attached hydrogen (secondary N) is 1. The predicted molar refractivity (Wildman–Crippen MR) is 61.2 cm³/mol. The number of nitrogens with zero attached hydrogens (tertiary/aromatic N) is 1. The van der Waals surface area contributed by atoms with E-state index in [-0.39, 0.29) is 0 Å². The smallest absolute Gasteiger partial charge is 0.165 e. The summed E-state index contributed by atoms with van der Waals surface area (Å²) in [5.41, 5.74) is 0.574. The van der Waals surface area contributed by atoms with E-state index in [2.05, 4.69) is 5.32 Å². The lowest BCUT2D eigenvalue weighted by molar-refractivity contribution is 0.147. The van der Waals surface area contributed by atoms with Gasteiger partial charge in [-0.25, -0.2) is 8.78 Å². The summed E-state index contributed by atoms with van der Waals surface area (Å²) in [6.45, 7) is 2.58. The lowest BCUT2D eigenvalue weighted by Gasteiger charge is -2.33. The minimum Gasteiger partial charge on any atom is -0.505 e. The van der Waals surface area contributed by atoms with Crippen LogP contribution >= 0.6 is 0 Å². The van der Waals surface area contributed by atoms with Gasteiger partial charge in [0.15, 0.2) is 11.6 Å². The fourth-order valence-electron chi connectivity index (χ4n) is 2.12. The van der Waals surface area contributed by atoms with Crippen molar-refractivity contribution >= 4 is 0 Å². The molecule has 1 aliphatic heterocycles. The van der Waals surface area contributed by atoms with Gasteiger partial charge in [-0.05, 0) is 17.7 Å². The molecule has 1 heterocycles. The Morgan fingerprint density at radius 1 is 1.35 bits per heavy atom. The first-order valence-corrected chi connectivity index (χ1v) is 5.71. The number of aromatic hydroxyl groups is 1. The van der Waals surface area contributed by atoms with E-state index < -0.39 is 24.3 Å². The zero-order valence-corrected chi connectivity index (χ0v) is 9.50. The molecule has 0 aliphatic carbocycles. The molecule has 5 heteroatoms. The number of benzene rings is 1. The van der Waals surface area contributed by atoms with Crippen molar-refractivity contribution in [2.75, 3.05) is 32.9 Å². The van der Waals surface area contributed by atoms with Crippen LogP contribution in [-0.2, 0) is 0 Å². The lowest BCUT2D eigenvalue weighted by Crippen LogP contribution is -2.45. The highest BCUT2D eigenvalue weighted by atomic mass is 19.1. The third kappa shape index (κ3) is 2.73. The van der Waals surface area contributed by atoms with Gasteiger partial charge in [-0.1, -0.05) is 6.07 Å². The van der Waals surface area contributed by atoms with Crippen molar-refractivity contribution < 1.29 is 13.9 Å². The summed E-state index contributed by atoms with van der Waals surface area (Å²) in [6.07, 6.45) is 0. The molecule has 1 fully saturated rings. The molecule has 0 spiro atoms. The van der Waals surface area contributed by atoms with Crippen molar-refractivity contribution in [3.8, 4) is 5.75 Å². The Morgan fingerprint density at radius 2 is 2.06 bits per heavy atom. The molecule has 1 aromatic carbocycles. The normalized spacial score (nSPS) is 19.2. The van der Waals surface area contributed by atoms with Crippen molar-refractivity contribution in [3.05, 3.63) is 29.6 Å². The minimum absolute atomic E-state index is 0.397. The van der Waals surface area contributed by atoms with Crippen molar-refractivity contribution in [1.29, 1.82) is 0 Å². The molecule has 0 aromatic heterocycles. The minimum atomic E-state index is -0.698. The predicted octanol–water partition coefficient (Wildman–Crippen LogP) is 1.45. The monoisotopic (exact) mass is 242 g/mol. The number of rotatable bonds is 3. The van der Waals surface area contributed by atoms with E-state index in [1.165, 1.54) is 12.1 Å². The zero-order valence-electron chi connectivity index (χ0n) is 9.50. The van der Waals surface area contributed by atoms with Crippen LogP contribution in [0.3, 0.4) is 0 Å². The Labute approximate surface area is 99.1 Å². The average Bonchev–Trinajstić information content (AvgIpc) is 2.36. The Balaban J connectivity index is 2.18. The van der Waals surface area contributed by atoms with Crippen LogP contribution in [0, 0.1) is 5.82 Å². The number of alkyl halides is 1. The van der Waals surface area contributed by atoms with Gasteiger partial charge < -0.3 is 10.4 Å². The Hall–Kier alpha value is -1.20. The Bertz CT molecular complexity index is 381. The second kappa shape index (κ2) is 5.42. The Kier molecular flexibility index (Phi) is 3.91. The largest absolute Gasteiger partial charge is 0.505 e. The van der Waals surface area contributed by atoms with E-state index in [1.807, 2.05) is 4.90 Å². The van der Waals surface area contributed by atoms with Gasteiger partial charge >= 0.3 is 0 Å². The second-order valence-electron chi connectivity index (χ2n) is 4.17. The standard InChI is InChI=1S/C12H16F2N2O/c13-8-11(16-5-3-15-4-6-16)9-1-2-12(17)10(14)7-9/h1-2,7,11,15,17H,3-6,8H2/t11-/m1/s1. The number of phenolic OH excluding ortho intramolecular Hbond substituents is 1. The van der Waals surface area contributed by atoms with Crippen LogP contribution in [0.2, 0.25) is 0 Å². The number of halogens is 2. The fourth-order valence-corrected chi connectivity index (χ4v) is 2.12. The highest BCUT2D eigenvalue weighted by Crippen LogP contribution is 2.25. The van der Waals surface area contributed by atoms with Crippen LogP contribution in [0.5, 0.6) is 5.75 Å². The topological polar surface area (TPSA) is 35.5 Å². The fraction of sp³-hybridized carbons (Fsp3) is 0.500. The zero-order chi connectivity index (χ0) is 12.3. The van der Waals surface area contributed by atoms with Gasteiger partial charge in [0, 0.05) is 26.2 Å². The highest BCUT2D eigenvalue weighted by molar-refractivity contribution is 5.30. The first-order chi connectivity index (χ1) is 8.22. The molecular weight excluding hydrogens is 226 g/mol. The summed E-state index contributed by atoms with van der Waals surface area (Å²) in [6, 6.07) is 3.63. The van der Waals surface area contributed by atoms with Gasteiger partial charge in [-0.2, -0.15) is 0 Å². The molecule has 0 radical (unpaired) electrons. The van der Waals surface area contributed by atoms with Crippen molar-refractivity contribution in [2.45, 2.75) is 6.04 Å². The van der Waals surface area contributed by atoms with Crippen LogP contribution in [0.15, 0.2) is 18.2 Å². The molecule has 1 saturated heterocycles. The molecule has 2 rings (SSSR count). The summed E-state index contributed by atoms with van der Waals surface area (Å²) in [7, 11) is 0. The second-order valence-corrected chi connectivity index (χ2v) is 4.17. The summed E-state index contributed by atoms with van der Waals surface area (Å²) in [5, 5.41) is 12.3. The van der Waals surface area contributed by atoms with E-state index >= 15 is 0 Å². The van der Waals surface area contributed by atoms with E-state index in [0.717, 1.165) is 26.2 Å². The number of piperazine rings is 1. The summed E-state index contributed by atoms with van der Waals surface area (Å²) in [5.74, 6) is -1.09. The van der Waals surface area contributed by atoms with E-state index in [1.54, 1.807) is 6.07 Å². The van der Waals surface area contributed by atoms with Crippen molar-refractivity contribution in [2.24, 2.45) is 0 Å². The molecule has 94 valence electrons. The number of hydrogen-bond donors (Lipinski definition) is 2. The molecular formula is C12H16F2N2O. The molecule has 0 bridgehead atoms. The van der Waals surface area contributed by atoms with Crippen LogP contribution in [0.1, 0.15) is 11.6 Å². The molecule has 0 saturated carbocycles. The summed E-state index contributed by atoms with van der Waals surface area (Å²) >= 11 is 0. The van der Waals surface area contributed by atoms with E-state index in [9.17, 15) is 8.78 Å². The summed E-state index contributed by atoms with van der Waals surface area (Å²) in [4.78, 5) is 1.99. The van der Waals surface area contributed by atoms with Gasteiger partial charge in [0.2, 0.25) is 0 Å². The molecule has 0 unspecified atom stereocenters. The van der Waals surface area contributed by atoms with Gasteiger partial charge in [0.1, 0.15) is 6.67 Å². The number of hydrogen-bond acceptors (Lipinski definition) is 3. The molecule has 0 amide bonds. The Morgan fingerprint density at radius 3 is 2.65 bits per heavy atom. The maximum absolute atomic E-state index is 13.2. The van der Waals surface area contributed by atoms with Gasteiger partial charge in [0.25, 0.3) is 0 Å². The first-order valence-electron chi connectivity index (χ1n) is 5.71. The van der Waals surface area contributed by atoms with Crippen molar-refractivity contribution in [1.82, 2.24) is 10.2 Å². The highest BCUT2D eigenvalue weighted by Gasteiger charge is 2.22. The molecule has 17 heavy (non-hydrogen) atoms. The van der Waals surface area contributed by atoms with E-state index in [0.29, 0.717) is 5.56 Å². The van der Waals surface area contributed by atoms with Crippen molar-refractivity contribution in [3.63, 3.8) is 0 Å². The maximum Gasteiger partial charge on any atom is 0.165 e. The third-order valence-electron chi connectivity index (χ3n) is 3.10. The van der Waals surface area contributed by atoms with Crippen LogP contribution in [0.4, 0.5) is 8.78 Å². The molecule has 3 nitrogen and oxygen atoms in total. The van der Waals surface area contributed by atoms with E-state index in [4.69, 9.17) is 5.11 Å². The molecule has 1 atom stereocenters. The summed E-state index contributed by atoms with van der Waals surface area (Å²) < 4.78 is 26.4. The van der Waals surface area contributed by atoms with Gasteiger partial charge in [-0.3, -0.25) is 4.90 Å². The van der Waals surface area contributed by atoms with Gasteiger partial charge in [-0.15, -0.1) is 0 Å². The molecule has 2 N–H and O–H groups in total.